The minimum absolute atomic E-state index is 0.114. The number of aliphatic hydroxyl groups excluding tert-OH is 2. The van der Waals surface area contributed by atoms with E-state index in [1.54, 1.807) is 0 Å². The fraction of sp³-hybridized carbons (Fsp3) is 0.879. The maximum atomic E-state index is 11.1. The normalized spacial score (nSPS) is 48.6. The first-order valence-corrected chi connectivity index (χ1v) is 15.0. The fourth-order valence-electron chi connectivity index (χ4n) is 9.92. The highest BCUT2D eigenvalue weighted by Gasteiger charge is 2.68. The third-order valence-corrected chi connectivity index (χ3v) is 12.5. The molecule has 3 aliphatic carbocycles. The van der Waals surface area contributed by atoms with Crippen LogP contribution in [0.1, 0.15) is 107 Å². The Morgan fingerprint density at radius 2 is 1.73 bits per heavy atom. The quantitative estimate of drug-likeness (QED) is 0.377. The minimum atomic E-state index is -0.557. The molecule has 2 N–H and O–H groups in total. The Bertz CT molecular complexity index is 904. The van der Waals surface area contributed by atoms with E-state index in [2.05, 4.69) is 74.5 Å². The smallest absolute Gasteiger partial charge is 0.164 e. The van der Waals surface area contributed by atoms with Crippen LogP contribution in [0.2, 0.25) is 0 Å². The van der Waals surface area contributed by atoms with Crippen LogP contribution in [0.4, 0.5) is 0 Å². The van der Waals surface area contributed by atoms with Crippen molar-refractivity contribution in [2.24, 2.45) is 45.3 Å². The molecule has 212 valence electrons. The Labute approximate surface area is 227 Å². The molecule has 37 heavy (non-hydrogen) atoms. The Balaban J connectivity index is 1.74. The van der Waals surface area contributed by atoms with Crippen LogP contribution in [0.25, 0.3) is 0 Å². The van der Waals surface area contributed by atoms with Crippen LogP contribution in [0.15, 0.2) is 23.8 Å². The van der Waals surface area contributed by atoms with Gasteiger partial charge in [0.05, 0.1) is 17.8 Å². The molecule has 0 aromatic heterocycles. The average Bonchev–Trinajstić information content (AvgIpc) is 2.98. The monoisotopic (exact) mass is 516 g/mol. The predicted octanol–water partition coefficient (Wildman–Crippen LogP) is 7.29. The molecule has 4 nitrogen and oxygen atoms in total. The van der Waals surface area contributed by atoms with E-state index >= 15 is 0 Å². The van der Waals surface area contributed by atoms with Crippen LogP contribution in [-0.4, -0.2) is 41.4 Å². The SMILES string of the molecule is COC1O[C@]2(C=C[C@H]3[C@]4(C)CCC([C@H](C)C[C@@H](O)C=C(C)C)[C@@]4(C)CC[C@]13C)[C@H](C)CC[C@H](O)C2(C)C. The Hall–Kier alpha value is -0.680. The summed E-state index contributed by atoms with van der Waals surface area (Å²) in [5.74, 6) is 1.67. The van der Waals surface area contributed by atoms with Crippen LogP contribution in [0.5, 0.6) is 0 Å². The van der Waals surface area contributed by atoms with Gasteiger partial charge >= 0.3 is 0 Å². The van der Waals surface area contributed by atoms with Gasteiger partial charge < -0.3 is 19.7 Å². The molecule has 2 unspecified atom stereocenters. The van der Waals surface area contributed by atoms with E-state index < -0.39 is 17.1 Å². The molecule has 3 fully saturated rings. The van der Waals surface area contributed by atoms with Gasteiger partial charge in [0, 0.05) is 17.9 Å². The first-order valence-electron chi connectivity index (χ1n) is 15.0. The third kappa shape index (κ3) is 4.23. The van der Waals surface area contributed by atoms with Crippen LogP contribution < -0.4 is 0 Å². The zero-order chi connectivity index (χ0) is 27.6. The van der Waals surface area contributed by atoms with Gasteiger partial charge in [0.15, 0.2) is 6.29 Å². The van der Waals surface area contributed by atoms with E-state index in [9.17, 15) is 10.2 Å². The zero-order valence-electron chi connectivity index (χ0n) is 25.4. The zero-order valence-corrected chi connectivity index (χ0v) is 25.4. The molecule has 0 aromatic rings. The van der Waals surface area contributed by atoms with Gasteiger partial charge in [-0.25, -0.2) is 0 Å². The van der Waals surface area contributed by atoms with Gasteiger partial charge in [-0.2, -0.15) is 0 Å². The van der Waals surface area contributed by atoms with E-state index in [1.165, 1.54) is 18.4 Å². The number of allylic oxidation sites excluding steroid dienone is 2. The van der Waals surface area contributed by atoms with Gasteiger partial charge in [-0.15, -0.1) is 0 Å². The van der Waals surface area contributed by atoms with E-state index in [4.69, 9.17) is 9.47 Å². The van der Waals surface area contributed by atoms with Gasteiger partial charge in [0.1, 0.15) is 0 Å². The van der Waals surface area contributed by atoms with Gasteiger partial charge in [0.2, 0.25) is 0 Å². The van der Waals surface area contributed by atoms with Crippen molar-refractivity contribution in [1.29, 1.82) is 0 Å². The number of rotatable bonds is 5. The van der Waals surface area contributed by atoms with Crippen LogP contribution >= 0.6 is 0 Å². The summed E-state index contributed by atoms with van der Waals surface area (Å²) in [6, 6.07) is 0. The molecule has 1 spiro atoms. The molecule has 0 amide bonds. The predicted molar refractivity (Wildman–Crippen MR) is 151 cm³/mol. The lowest BCUT2D eigenvalue weighted by molar-refractivity contribution is -0.306. The van der Waals surface area contributed by atoms with E-state index in [1.807, 2.05) is 13.2 Å². The fourth-order valence-corrected chi connectivity index (χ4v) is 9.92. The lowest BCUT2D eigenvalue weighted by atomic mass is 9.45. The van der Waals surface area contributed by atoms with Crippen LogP contribution in [-0.2, 0) is 9.47 Å². The summed E-state index contributed by atoms with van der Waals surface area (Å²) < 4.78 is 13.4. The molecular weight excluding hydrogens is 460 g/mol. The molecule has 3 saturated carbocycles. The largest absolute Gasteiger partial charge is 0.392 e. The van der Waals surface area contributed by atoms with Crippen molar-refractivity contribution in [2.45, 2.75) is 131 Å². The summed E-state index contributed by atoms with van der Waals surface area (Å²) in [7, 11) is 1.81. The first-order chi connectivity index (χ1) is 17.1. The lowest BCUT2D eigenvalue weighted by Crippen LogP contribution is -2.62. The Morgan fingerprint density at radius 3 is 2.35 bits per heavy atom. The van der Waals surface area contributed by atoms with Crippen LogP contribution in [0, 0.1) is 45.3 Å². The standard InChI is InChI=1S/C33H56O4/c1-21(2)19-24(34)20-22(3)25-13-15-32(9)26-14-16-33(23(4)11-12-27(35)29(33,5)6)37-28(36-10)30(26,7)17-18-31(25,32)8/h14,16,19,22-28,34-35H,11-13,15,17-18,20H2,1-10H3/t22-,23-,24+,25?,26-,27+,28?,30+,31-,32+,33-/m1/s1. The first kappa shape index (κ1) is 29.3. The molecule has 1 heterocycles. The average molecular weight is 517 g/mol. The van der Waals surface area contributed by atoms with Crippen molar-refractivity contribution >= 4 is 0 Å². The third-order valence-electron chi connectivity index (χ3n) is 12.5. The molecule has 0 aromatic carbocycles. The van der Waals surface area contributed by atoms with Crippen molar-refractivity contribution in [3.05, 3.63) is 23.8 Å². The second-order valence-electron chi connectivity index (χ2n) is 15.0. The topological polar surface area (TPSA) is 58.9 Å². The number of ether oxygens (including phenoxy) is 2. The summed E-state index contributed by atoms with van der Waals surface area (Å²) >= 11 is 0. The maximum absolute atomic E-state index is 11.1. The number of fused-ring (bicyclic) bond motifs is 3. The van der Waals surface area contributed by atoms with E-state index in [-0.39, 0.29) is 28.6 Å². The summed E-state index contributed by atoms with van der Waals surface area (Å²) in [5.41, 5.74) is 0.389. The summed E-state index contributed by atoms with van der Waals surface area (Å²) in [4.78, 5) is 0. The van der Waals surface area contributed by atoms with Gasteiger partial charge in [-0.05, 0) is 93.3 Å². The summed E-state index contributed by atoms with van der Waals surface area (Å²) in [6.45, 7) is 20.6. The maximum Gasteiger partial charge on any atom is 0.164 e. The Morgan fingerprint density at radius 1 is 1.05 bits per heavy atom. The Kier molecular flexibility index (Phi) is 7.72. The highest BCUT2D eigenvalue weighted by atomic mass is 16.7. The van der Waals surface area contributed by atoms with Crippen molar-refractivity contribution in [2.75, 3.05) is 7.11 Å². The molecule has 0 radical (unpaired) electrons. The number of hydrogen-bond donors (Lipinski definition) is 2. The molecule has 11 atom stereocenters. The van der Waals surface area contributed by atoms with E-state index in [0.717, 1.165) is 32.1 Å². The minimum Gasteiger partial charge on any atom is -0.392 e. The number of aliphatic hydroxyl groups is 2. The van der Waals surface area contributed by atoms with Crippen molar-refractivity contribution < 1.29 is 19.7 Å². The molecule has 4 heteroatoms. The number of methoxy groups -OCH3 is 1. The number of hydrogen-bond acceptors (Lipinski definition) is 4. The highest BCUT2D eigenvalue weighted by molar-refractivity contribution is 5.25. The second kappa shape index (κ2) is 9.75. The highest BCUT2D eigenvalue weighted by Crippen LogP contribution is 2.72. The van der Waals surface area contributed by atoms with Crippen LogP contribution in [0.3, 0.4) is 0 Å². The summed E-state index contributed by atoms with van der Waals surface area (Å²) in [5, 5.41) is 21.9. The molecule has 0 bridgehead atoms. The van der Waals surface area contributed by atoms with Crippen molar-refractivity contribution in [3.63, 3.8) is 0 Å². The van der Waals surface area contributed by atoms with E-state index in [0.29, 0.717) is 23.7 Å². The molecule has 4 aliphatic rings. The van der Waals surface area contributed by atoms with Gasteiger partial charge in [0.25, 0.3) is 0 Å². The second-order valence-corrected chi connectivity index (χ2v) is 15.0. The molecular formula is C33H56O4. The van der Waals surface area contributed by atoms with Gasteiger partial charge in [-0.1, -0.05) is 72.3 Å². The van der Waals surface area contributed by atoms with Crippen molar-refractivity contribution in [1.82, 2.24) is 0 Å². The van der Waals surface area contributed by atoms with Gasteiger partial charge in [-0.3, -0.25) is 0 Å². The molecule has 0 saturated heterocycles. The molecule has 1 aliphatic heterocycles. The summed E-state index contributed by atoms with van der Waals surface area (Å²) in [6.07, 6.45) is 13.0. The van der Waals surface area contributed by atoms with Crippen molar-refractivity contribution in [3.8, 4) is 0 Å². The lowest BCUT2D eigenvalue weighted by Gasteiger charge is -2.61. The molecule has 4 rings (SSSR count).